The minimum absolute atomic E-state index is 0. The molecule has 0 amide bonds. The number of nitrogens with zero attached hydrogens (tertiary/aromatic N) is 2. The standard InChI is InChI=1S/C17H23ClN4OS.HI/c1-3-19-17(20-9-8-16-21-10-12(2)24-16)22-11-15(23)13-4-6-14(18)7-5-13;/h4-7,10,15,23H,3,8-9,11H2,1-2H3,(H2,19,20,22);1H. The topological polar surface area (TPSA) is 69.5 Å². The molecular weight excluding hydrogens is 471 g/mol. The van der Waals surface area contributed by atoms with Crippen molar-refractivity contribution in [3.05, 3.63) is 50.9 Å². The van der Waals surface area contributed by atoms with E-state index in [0.29, 0.717) is 11.0 Å². The van der Waals surface area contributed by atoms with Crippen LogP contribution in [0, 0.1) is 6.92 Å². The van der Waals surface area contributed by atoms with Crippen molar-refractivity contribution >= 4 is 52.9 Å². The molecular formula is C17H24ClIN4OS. The van der Waals surface area contributed by atoms with Gasteiger partial charge in [-0.05, 0) is 31.5 Å². The van der Waals surface area contributed by atoms with Gasteiger partial charge in [-0.15, -0.1) is 35.3 Å². The number of aromatic nitrogens is 1. The highest BCUT2D eigenvalue weighted by atomic mass is 127. The summed E-state index contributed by atoms with van der Waals surface area (Å²) in [6, 6.07) is 7.16. The van der Waals surface area contributed by atoms with Gasteiger partial charge in [-0.1, -0.05) is 23.7 Å². The number of rotatable bonds is 7. The van der Waals surface area contributed by atoms with Gasteiger partial charge in [0.05, 0.1) is 17.7 Å². The van der Waals surface area contributed by atoms with Crippen molar-refractivity contribution < 1.29 is 5.11 Å². The van der Waals surface area contributed by atoms with Crippen molar-refractivity contribution in [2.24, 2.45) is 4.99 Å². The van der Waals surface area contributed by atoms with Gasteiger partial charge in [-0.25, -0.2) is 4.98 Å². The van der Waals surface area contributed by atoms with Crippen LogP contribution in [0.4, 0.5) is 0 Å². The minimum atomic E-state index is -0.653. The lowest BCUT2D eigenvalue weighted by molar-refractivity contribution is 0.187. The number of aryl methyl sites for hydroxylation is 1. The average Bonchev–Trinajstić information content (AvgIpc) is 2.98. The monoisotopic (exact) mass is 494 g/mol. The fraction of sp³-hybridized carbons (Fsp3) is 0.412. The molecule has 0 aliphatic rings. The molecule has 8 heteroatoms. The number of halogens is 2. The molecule has 0 fully saturated rings. The Bertz CT molecular complexity index is 663. The van der Waals surface area contributed by atoms with Crippen LogP contribution in [0.3, 0.4) is 0 Å². The lowest BCUT2D eigenvalue weighted by Crippen LogP contribution is -2.38. The first-order valence-corrected chi connectivity index (χ1v) is 9.15. The number of hydrogen-bond acceptors (Lipinski definition) is 4. The molecule has 1 atom stereocenters. The van der Waals surface area contributed by atoms with E-state index in [1.807, 2.05) is 25.3 Å². The van der Waals surface area contributed by atoms with Crippen LogP contribution in [0.2, 0.25) is 5.02 Å². The third-order valence-electron chi connectivity index (χ3n) is 3.32. The number of nitrogens with one attached hydrogen (secondary N) is 2. The summed E-state index contributed by atoms with van der Waals surface area (Å²) >= 11 is 7.57. The molecule has 5 nitrogen and oxygen atoms in total. The highest BCUT2D eigenvalue weighted by Gasteiger charge is 2.07. The quantitative estimate of drug-likeness (QED) is 0.313. The Morgan fingerprint density at radius 3 is 2.64 bits per heavy atom. The van der Waals surface area contributed by atoms with E-state index in [0.717, 1.165) is 30.1 Å². The van der Waals surface area contributed by atoms with E-state index in [1.54, 1.807) is 23.5 Å². The average molecular weight is 495 g/mol. The second-order valence-electron chi connectivity index (χ2n) is 5.33. The van der Waals surface area contributed by atoms with Crippen LogP contribution < -0.4 is 10.6 Å². The Morgan fingerprint density at radius 2 is 2.04 bits per heavy atom. The van der Waals surface area contributed by atoms with Crippen LogP contribution in [-0.4, -0.2) is 35.7 Å². The van der Waals surface area contributed by atoms with Crippen LogP contribution in [0.5, 0.6) is 0 Å². The molecule has 0 radical (unpaired) electrons. The molecule has 1 aromatic heterocycles. The van der Waals surface area contributed by atoms with Gasteiger partial charge in [0.25, 0.3) is 0 Å². The molecule has 1 unspecified atom stereocenters. The lowest BCUT2D eigenvalue weighted by Gasteiger charge is -2.13. The Labute approximate surface area is 175 Å². The first-order chi connectivity index (χ1) is 11.6. The van der Waals surface area contributed by atoms with E-state index in [-0.39, 0.29) is 30.5 Å². The highest BCUT2D eigenvalue weighted by molar-refractivity contribution is 14.0. The van der Waals surface area contributed by atoms with Crippen molar-refractivity contribution in [2.75, 3.05) is 19.6 Å². The zero-order valence-electron chi connectivity index (χ0n) is 14.3. The molecule has 0 aliphatic carbocycles. The third kappa shape index (κ3) is 7.89. The highest BCUT2D eigenvalue weighted by Crippen LogP contribution is 2.16. The van der Waals surface area contributed by atoms with Crippen molar-refractivity contribution in [1.29, 1.82) is 0 Å². The molecule has 0 saturated heterocycles. The molecule has 1 heterocycles. The maximum atomic E-state index is 10.2. The molecule has 3 N–H and O–H groups in total. The van der Waals surface area contributed by atoms with Gasteiger partial charge in [-0.2, -0.15) is 0 Å². The fourth-order valence-corrected chi connectivity index (χ4v) is 3.03. The van der Waals surface area contributed by atoms with E-state index in [4.69, 9.17) is 11.6 Å². The van der Waals surface area contributed by atoms with E-state index >= 15 is 0 Å². The second kappa shape index (κ2) is 11.7. The van der Waals surface area contributed by atoms with Gasteiger partial charge >= 0.3 is 0 Å². The van der Waals surface area contributed by atoms with Crippen LogP contribution in [0.1, 0.15) is 28.5 Å². The molecule has 1 aromatic carbocycles. The maximum absolute atomic E-state index is 10.2. The van der Waals surface area contributed by atoms with Gasteiger partial charge in [0, 0.05) is 35.6 Å². The van der Waals surface area contributed by atoms with Gasteiger partial charge in [0.1, 0.15) is 0 Å². The van der Waals surface area contributed by atoms with Crippen molar-refractivity contribution in [2.45, 2.75) is 26.4 Å². The first-order valence-electron chi connectivity index (χ1n) is 7.95. The molecule has 25 heavy (non-hydrogen) atoms. The molecule has 0 spiro atoms. The summed E-state index contributed by atoms with van der Waals surface area (Å²) in [7, 11) is 0. The number of aliphatic hydroxyl groups excluding tert-OH is 1. The Balaban J connectivity index is 0.00000312. The van der Waals surface area contributed by atoms with Crippen molar-refractivity contribution in [3.63, 3.8) is 0 Å². The van der Waals surface area contributed by atoms with E-state index in [1.165, 1.54) is 4.88 Å². The summed E-state index contributed by atoms with van der Waals surface area (Å²) in [5.41, 5.74) is 0.803. The smallest absolute Gasteiger partial charge is 0.191 e. The van der Waals surface area contributed by atoms with Crippen molar-refractivity contribution in [3.8, 4) is 0 Å². The minimum Gasteiger partial charge on any atom is -0.386 e. The molecule has 0 aliphatic heterocycles. The predicted molar refractivity (Wildman–Crippen MR) is 116 cm³/mol. The van der Waals surface area contributed by atoms with Crippen LogP contribution in [0.15, 0.2) is 35.5 Å². The van der Waals surface area contributed by atoms with Gasteiger partial charge in [0.2, 0.25) is 0 Å². The van der Waals surface area contributed by atoms with Crippen molar-refractivity contribution in [1.82, 2.24) is 15.6 Å². The number of guanidine groups is 1. The lowest BCUT2D eigenvalue weighted by atomic mass is 10.1. The van der Waals surface area contributed by atoms with Crippen LogP contribution >= 0.6 is 46.9 Å². The van der Waals surface area contributed by atoms with Gasteiger partial charge in [0.15, 0.2) is 5.96 Å². The number of thiazole rings is 1. The maximum Gasteiger partial charge on any atom is 0.191 e. The zero-order chi connectivity index (χ0) is 17.4. The normalized spacial score (nSPS) is 12.4. The summed E-state index contributed by atoms with van der Waals surface area (Å²) in [6.45, 7) is 5.86. The van der Waals surface area contributed by atoms with Gasteiger partial charge in [-0.3, -0.25) is 4.99 Å². The summed E-state index contributed by atoms with van der Waals surface area (Å²) in [5.74, 6) is 0.693. The van der Waals surface area contributed by atoms with E-state index in [2.05, 4.69) is 27.5 Å². The molecule has 0 bridgehead atoms. The number of benzene rings is 1. The SMILES string of the molecule is CCNC(=NCC(O)c1ccc(Cl)cc1)NCCc1ncc(C)s1.I. The van der Waals surface area contributed by atoms with Crippen LogP contribution in [0.25, 0.3) is 0 Å². The Hall–Kier alpha value is -0.900. The second-order valence-corrected chi connectivity index (χ2v) is 7.08. The van der Waals surface area contributed by atoms with Crippen LogP contribution in [-0.2, 0) is 6.42 Å². The van der Waals surface area contributed by atoms with E-state index in [9.17, 15) is 5.11 Å². The first kappa shape index (κ1) is 22.1. The largest absolute Gasteiger partial charge is 0.386 e. The Morgan fingerprint density at radius 1 is 1.32 bits per heavy atom. The summed E-state index contributed by atoms with van der Waals surface area (Å²) < 4.78 is 0. The number of hydrogen-bond donors (Lipinski definition) is 3. The number of aliphatic imine (C=N–C) groups is 1. The fourth-order valence-electron chi connectivity index (χ4n) is 2.11. The third-order valence-corrected chi connectivity index (χ3v) is 4.55. The Kier molecular flexibility index (Phi) is 10.3. The molecule has 2 rings (SSSR count). The summed E-state index contributed by atoms with van der Waals surface area (Å²) in [4.78, 5) is 10.0. The zero-order valence-corrected chi connectivity index (χ0v) is 18.2. The molecule has 2 aromatic rings. The van der Waals surface area contributed by atoms with E-state index < -0.39 is 6.10 Å². The summed E-state index contributed by atoms with van der Waals surface area (Å²) in [6.07, 6.45) is 2.09. The number of aliphatic hydroxyl groups is 1. The summed E-state index contributed by atoms with van der Waals surface area (Å²) in [5, 5.41) is 18.4. The predicted octanol–water partition coefficient (Wildman–Crippen LogP) is 3.55. The molecule has 0 saturated carbocycles. The molecule has 138 valence electrons. The van der Waals surface area contributed by atoms with Gasteiger partial charge < -0.3 is 15.7 Å².